The van der Waals surface area contributed by atoms with E-state index in [1.165, 1.54) is 36.4 Å². The van der Waals surface area contributed by atoms with Crippen molar-refractivity contribution in [1.82, 2.24) is 0 Å². The second-order valence-corrected chi connectivity index (χ2v) is 8.38. The summed E-state index contributed by atoms with van der Waals surface area (Å²) >= 11 is 0. The molecule has 1 fully saturated rings. The van der Waals surface area contributed by atoms with Crippen LogP contribution in [0.2, 0.25) is 0 Å². The first-order valence-corrected chi connectivity index (χ1v) is 10.2. The quantitative estimate of drug-likeness (QED) is 0.822. The lowest BCUT2D eigenvalue weighted by Gasteiger charge is -2.15. The normalized spacial score (nSPS) is 15.0. The van der Waals surface area contributed by atoms with Gasteiger partial charge in [-0.2, -0.15) is 0 Å². The molecule has 0 amide bonds. The van der Waals surface area contributed by atoms with Gasteiger partial charge in [0.2, 0.25) is 0 Å². The summed E-state index contributed by atoms with van der Waals surface area (Å²) in [5, 5.41) is 9.31. The molecule has 0 saturated heterocycles. The minimum atomic E-state index is -3.28. The van der Waals surface area contributed by atoms with Crippen LogP contribution < -0.4 is 9.47 Å². The second kappa shape index (κ2) is 7.37. The Morgan fingerprint density at radius 1 is 1.00 bits per heavy atom. The Morgan fingerprint density at radius 2 is 1.62 bits per heavy atom. The monoisotopic (exact) mass is 376 g/mol. The summed E-state index contributed by atoms with van der Waals surface area (Å²) in [6, 6.07) is 10.5. The lowest BCUT2D eigenvalue weighted by Crippen LogP contribution is -2.11. The smallest absolute Gasteiger partial charge is 0.335 e. The Balaban J connectivity index is 1.83. The zero-order chi connectivity index (χ0) is 18.7. The van der Waals surface area contributed by atoms with Gasteiger partial charge in [-0.25, -0.2) is 13.2 Å². The molecule has 2 aromatic rings. The summed E-state index contributed by atoms with van der Waals surface area (Å²) in [6.45, 7) is 0. The van der Waals surface area contributed by atoms with Gasteiger partial charge in [-0.3, -0.25) is 0 Å². The summed E-state index contributed by atoms with van der Waals surface area (Å²) in [4.78, 5) is 11.6. The Bertz CT molecular complexity index is 896. The first-order valence-electron chi connectivity index (χ1n) is 8.34. The molecule has 1 aliphatic rings. The summed E-state index contributed by atoms with van der Waals surface area (Å²) in [6.07, 6.45) is 5.37. The highest BCUT2D eigenvalue weighted by atomic mass is 32.2. The number of carboxylic acids is 1. The molecule has 0 atom stereocenters. The highest BCUT2D eigenvalue weighted by molar-refractivity contribution is 7.90. The molecule has 0 spiro atoms. The standard InChI is InChI=1S/C19H20O6S/c1-26(22,23)18-8-6-15(7-9-18)25-17-11-13(19(20)21)10-16(12-17)24-14-4-2-3-5-14/h6-12,14H,2-5H2,1H3,(H,20,21). The average molecular weight is 376 g/mol. The molecule has 1 N–H and O–H groups in total. The first-order chi connectivity index (χ1) is 12.3. The van der Waals surface area contributed by atoms with Crippen LogP contribution in [0, 0.1) is 0 Å². The SMILES string of the molecule is CS(=O)(=O)c1ccc(Oc2cc(OC3CCCC3)cc(C(=O)O)c2)cc1. The van der Waals surface area contributed by atoms with Crippen LogP contribution >= 0.6 is 0 Å². The van der Waals surface area contributed by atoms with Crippen molar-refractivity contribution in [1.29, 1.82) is 0 Å². The molecule has 1 aliphatic carbocycles. The van der Waals surface area contributed by atoms with Crippen LogP contribution in [0.1, 0.15) is 36.0 Å². The van der Waals surface area contributed by atoms with Gasteiger partial charge in [0.1, 0.15) is 17.2 Å². The molecule has 3 rings (SSSR count). The zero-order valence-electron chi connectivity index (χ0n) is 14.3. The number of aromatic carboxylic acids is 1. The summed E-state index contributed by atoms with van der Waals surface area (Å²) in [7, 11) is -3.28. The summed E-state index contributed by atoms with van der Waals surface area (Å²) in [5.41, 5.74) is 0.0725. The zero-order valence-corrected chi connectivity index (χ0v) is 15.2. The van der Waals surface area contributed by atoms with Gasteiger partial charge in [0.05, 0.1) is 16.6 Å². The lowest BCUT2D eigenvalue weighted by molar-refractivity contribution is 0.0695. The number of benzene rings is 2. The molecule has 0 radical (unpaired) electrons. The van der Waals surface area contributed by atoms with Crippen molar-refractivity contribution < 1.29 is 27.8 Å². The number of carboxylic acid groups (broad SMARTS) is 1. The van der Waals surface area contributed by atoms with Crippen LogP contribution in [-0.2, 0) is 9.84 Å². The average Bonchev–Trinajstić information content (AvgIpc) is 3.07. The van der Waals surface area contributed by atoms with Gasteiger partial charge in [-0.05, 0) is 62.1 Å². The van der Waals surface area contributed by atoms with E-state index in [9.17, 15) is 18.3 Å². The van der Waals surface area contributed by atoms with Gasteiger partial charge in [0.15, 0.2) is 9.84 Å². The van der Waals surface area contributed by atoms with Crippen LogP contribution in [0.25, 0.3) is 0 Å². The van der Waals surface area contributed by atoms with Crippen LogP contribution in [0.3, 0.4) is 0 Å². The van der Waals surface area contributed by atoms with Gasteiger partial charge in [0.25, 0.3) is 0 Å². The number of hydrogen-bond acceptors (Lipinski definition) is 5. The predicted octanol–water partition coefficient (Wildman–Crippen LogP) is 3.90. The number of ether oxygens (including phenoxy) is 2. The molecule has 6 nitrogen and oxygen atoms in total. The van der Waals surface area contributed by atoms with Crippen molar-refractivity contribution in [2.75, 3.05) is 6.26 Å². The van der Waals surface area contributed by atoms with Crippen LogP contribution in [0.4, 0.5) is 0 Å². The number of sulfone groups is 1. The third kappa shape index (κ3) is 4.54. The van der Waals surface area contributed by atoms with Crippen LogP contribution in [0.15, 0.2) is 47.4 Å². The molecule has 7 heteroatoms. The first kappa shape index (κ1) is 18.3. The maximum Gasteiger partial charge on any atom is 0.335 e. The van der Waals surface area contributed by atoms with E-state index in [-0.39, 0.29) is 16.6 Å². The number of rotatable bonds is 6. The van der Waals surface area contributed by atoms with Gasteiger partial charge in [-0.15, -0.1) is 0 Å². The summed E-state index contributed by atoms with van der Waals surface area (Å²) in [5.74, 6) is 0.121. The number of carbonyl (C=O) groups is 1. The predicted molar refractivity (Wildman–Crippen MR) is 95.9 cm³/mol. The van der Waals surface area contributed by atoms with Crippen LogP contribution in [-0.4, -0.2) is 31.9 Å². The largest absolute Gasteiger partial charge is 0.490 e. The molecule has 0 aliphatic heterocycles. The molecular weight excluding hydrogens is 356 g/mol. The van der Waals surface area contributed by atoms with Crippen LogP contribution in [0.5, 0.6) is 17.2 Å². The Labute approximate surface area is 152 Å². The lowest BCUT2D eigenvalue weighted by atomic mass is 10.2. The van der Waals surface area contributed by atoms with Crippen molar-refractivity contribution in [2.45, 2.75) is 36.7 Å². The van der Waals surface area contributed by atoms with Crippen molar-refractivity contribution in [3.63, 3.8) is 0 Å². The molecular formula is C19H20O6S. The van der Waals surface area contributed by atoms with Gasteiger partial charge >= 0.3 is 5.97 Å². The van der Waals surface area contributed by atoms with Gasteiger partial charge in [0, 0.05) is 12.3 Å². The minimum Gasteiger partial charge on any atom is -0.490 e. The maximum absolute atomic E-state index is 11.5. The maximum atomic E-state index is 11.5. The molecule has 26 heavy (non-hydrogen) atoms. The van der Waals surface area contributed by atoms with Crippen molar-refractivity contribution >= 4 is 15.8 Å². The van der Waals surface area contributed by atoms with Crippen molar-refractivity contribution in [3.8, 4) is 17.2 Å². The van der Waals surface area contributed by atoms with Gasteiger partial charge in [-0.1, -0.05) is 0 Å². The summed E-state index contributed by atoms with van der Waals surface area (Å²) < 4.78 is 34.6. The van der Waals surface area contributed by atoms with Crippen molar-refractivity contribution in [3.05, 3.63) is 48.0 Å². The molecule has 0 aromatic heterocycles. The second-order valence-electron chi connectivity index (χ2n) is 6.37. The Morgan fingerprint density at radius 3 is 2.19 bits per heavy atom. The number of hydrogen-bond donors (Lipinski definition) is 1. The molecule has 0 bridgehead atoms. The molecule has 2 aromatic carbocycles. The van der Waals surface area contributed by atoms with E-state index in [0.717, 1.165) is 31.9 Å². The third-order valence-corrected chi connectivity index (χ3v) is 5.35. The van der Waals surface area contributed by atoms with E-state index >= 15 is 0 Å². The van der Waals surface area contributed by atoms with E-state index in [2.05, 4.69) is 0 Å². The van der Waals surface area contributed by atoms with Crippen molar-refractivity contribution in [2.24, 2.45) is 0 Å². The fourth-order valence-corrected chi connectivity index (χ4v) is 3.54. The van der Waals surface area contributed by atoms with E-state index < -0.39 is 15.8 Å². The van der Waals surface area contributed by atoms with E-state index in [4.69, 9.17) is 9.47 Å². The third-order valence-electron chi connectivity index (χ3n) is 4.22. The molecule has 1 saturated carbocycles. The molecule has 0 heterocycles. The minimum absolute atomic E-state index is 0.0725. The molecule has 0 unspecified atom stereocenters. The highest BCUT2D eigenvalue weighted by Gasteiger charge is 2.18. The van der Waals surface area contributed by atoms with Gasteiger partial charge < -0.3 is 14.6 Å². The van der Waals surface area contributed by atoms with E-state index in [1.807, 2.05) is 0 Å². The van der Waals surface area contributed by atoms with E-state index in [0.29, 0.717) is 17.2 Å². The van der Waals surface area contributed by atoms with E-state index in [1.54, 1.807) is 6.07 Å². The fourth-order valence-electron chi connectivity index (χ4n) is 2.91. The topological polar surface area (TPSA) is 89.9 Å². The molecule has 138 valence electrons. The fraction of sp³-hybridized carbons (Fsp3) is 0.316. The Kier molecular flexibility index (Phi) is 5.18. The highest BCUT2D eigenvalue weighted by Crippen LogP contribution is 2.31. The Hall–Kier alpha value is -2.54.